The van der Waals surface area contributed by atoms with E-state index < -0.39 is 0 Å². The Morgan fingerprint density at radius 3 is 2.58 bits per heavy atom. The average Bonchev–Trinajstić information content (AvgIpc) is 3.15. The first-order valence-corrected chi connectivity index (χ1v) is 10.4. The summed E-state index contributed by atoms with van der Waals surface area (Å²) in [4.78, 5) is 12.9. The Bertz CT molecular complexity index is 1250. The van der Waals surface area contributed by atoms with E-state index in [2.05, 4.69) is 15.5 Å². The number of ether oxygens (including phenoxy) is 1. The summed E-state index contributed by atoms with van der Waals surface area (Å²) in [6.45, 7) is 6.34. The summed E-state index contributed by atoms with van der Waals surface area (Å²) >= 11 is 6.19. The number of carbonyl (C=O) groups is 1. The number of rotatable bonds is 6. The molecule has 4 aromatic rings. The molecule has 0 aliphatic heterocycles. The number of aryl methyl sites for hydroxylation is 2. The third-order valence-corrected chi connectivity index (χ3v) is 5.16. The number of aromatic nitrogens is 4. The van der Waals surface area contributed by atoms with Crippen LogP contribution in [0.2, 0.25) is 5.02 Å². The molecule has 1 N–H and O–H groups in total. The van der Waals surface area contributed by atoms with Crippen LogP contribution in [0.25, 0.3) is 16.8 Å². The number of benzene rings is 2. The summed E-state index contributed by atoms with van der Waals surface area (Å²) in [6.07, 6.45) is 0.707. The van der Waals surface area contributed by atoms with E-state index in [-0.39, 0.29) is 11.6 Å². The third-order valence-electron chi connectivity index (χ3n) is 4.93. The zero-order valence-corrected chi connectivity index (χ0v) is 18.3. The van der Waals surface area contributed by atoms with Crippen LogP contribution in [-0.4, -0.2) is 32.3 Å². The number of anilines is 1. The predicted molar refractivity (Wildman–Crippen MR) is 121 cm³/mol. The second-order valence-corrected chi connectivity index (χ2v) is 7.40. The van der Waals surface area contributed by atoms with Crippen molar-refractivity contribution in [2.75, 3.05) is 11.9 Å². The average molecular weight is 436 g/mol. The van der Waals surface area contributed by atoms with E-state index in [1.807, 2.05) is 45.0 Å². The monoisotopic (exact) mass is 435 g/mol. The van der Waals surface area contributed by atoms with Crippen molar-refractivity contribution in [3.63, 3.8) is 0 Å². The van der Waals surface area contributed by atoms with E-state index in [9.17, 15) is 4.79 Å². The fraction of sp³-hybridized carbons (Fsp3) is 0.217. The molecule has 2 aromatic carbocycles. The number of nitrogens with zero attached hydrogens (tertiary/aromatic N) is 4. The van der Waals surface area contributed by atoms with E-state index >= 15 is 0 Å². The molecule has 0 radical (unpaired) electrons. The molecule has 0 aliphatic carbocycles. The van der Waals surface area contributed by atoms with Gasteiger partial charge in [-0.25, -0.2) is 4.52 Å². The first-order chi connectivity index (χ1) is 15.0. The fourth-order valence-electron chi connectivity index (χ4n) is 3.44. The highest BCUT2D eigenvalue weighted by atomic mass is 35.5. The number of nitrogens with one attached hydrogen (secondary N) is 1. The molecule has 2 aromatic heterocycles. The van der Waals surface area contributed by atoms with E-state index in [0.29, 0.717) is 35.1 Å². The maximum absolute atomic E-state index is 12.9. The molecule has 0 bridgehead atoms. The molecule has 31 heavy (non-hydrogen) atoms. The van der Waals surface area contributed by atoms with Crippen LogP contribution >= 0.6 is 11.6 Å². The van der Waals surface area contributed by atoms with Crippen molar-refractivity contribution in [1.29, 1.82) is 0 Å². The molecular weight excluding hydrogens is 414 g/mol. The van der Waals surface area contributed by atoms with E-state index in [0.717, 1.165) is 22.6 Å². The number of hydrogen-bond acceptors (Lipinski definition) is 5. The van der Waals surface area contributed by atoms with Gasteiger partial charge in [0.15, 0.2) is 11.3 Å². The van der Waals surface area contributed by atoms with Crippen molar-refractivity contribution in [1.82, 2.24) is 19.8 Å². The number of fused-ring (bicyclic) bond motifs is 1. The topological polar surface area (TPSA) is 81.4 Å². The standard InChI is InChI=1S/C23H22ClN5O2/c1-4-19-20(15-7-6-8-16(24)13-15)22-27-26-21(14(3)29(22)28-19)23(30)25-17-9-11-18(12-10-17)31-5-2/h6-13H,4-5H2,1-3H3,(H,25,30). The Labute approximate surface area is 185 Å². The highest BCUT2D eigenvalue weighted by molar-refractivity contribution is 6.30. The molecule has 0 unspecified atom stereocenters. The van der Waals surface area contributed by atoms with Crippen LogP contribution in [0, 0.1) is 6.92 Å². The summed E-state index contributed by atoms with van der Waals surface area (Å²) in [5, 5.41) is 16.7. The fourth-order valence-corrected chi connectivity index (χ4v) is 3.63. The van der Waals surface area contributed by atoms with E-state index in [4.69, 9.17) is 21.4 Å². The Kier molecular flexibility index (Phi) is 5.86. The minimum Gasteiger partial charge on any atom is -0.494 e. The van der Waals surface area contributed by atoms with Crippen LogP contribution in [0.15, 0.2) is 48.5 Å². The molecule has 0 saturated carbocycles. The molecule has 1 amide bonds. The van der Waals surface area contributed by atoms with Crippen LogP contribution in [-0.2, 0) is 6.42 Å². The van der Waals surface area contributed by atoms with Gasteiger partial charge in [0.2, 0.25) is 0 Å². The Morgan fingerprint density at radius 2 is 1.90 bits per heavy atom. The number of hydrogen-bond donors (Lipinski definition) is 1. The predicted octanol–water partition coefficient (Wildman–Crippen LogP) is 4.97. The molecule has 158 valence electrons. The maximum Gasteiger partial charge on any atom is 0.278 e. The molecule has 2 heterocycles. The quantitative estimate of drug-likeness (QED) is 0.462. The first kappa shape index (κ1) is 20.8. The van der Waals surface area contributed by atoms with Crippen LogP contribution in [0.5, 0.6) is 5.75 Å². The number of amides is 1. The van der Waals surface area contributed by atoms with Crippen molar-refractivity contribution in [3.8, 4) is 16.9 Å². The highest BCUT2D eigenvalue weighted by Gasteiger charge is 2.21. The summed E-state index contributed by atoms with van der Waals surface area (Å²) in [5.41, 5.74) is 4.71. The molecule has 4 rings (SSSR count). The SMILES string of the molecule is CCOc1ccc(NC(=O)c2nnc3c(-c4cccc(Cl)c4)c(CC)nn3c2C)cc1. The molecule has 0 fully saturated rings. The van der Waals surface area contributed by atoms with Crippen molar-refractivity contribution in [3.05, 3.63) is 70.6 Å². The smallest absolute Gasteiger partial charge is 0.278 e. The van der Waals surface area contributed by atoms with Gasteiger partial charge in [0.25, 0.3) is 5.91 Å². The maximum atomic E-state index is 12.9. The summed E-state index contributed by atoms with van der Waals surface area (Å²) in [7, 11) is 0. The van der Waals surface area contributed by atoms with Gasteiger partial charge in [-0.05, 0) is 62.2 Å². The van der Waals surface area contributed by atoms with E-state index in [1.165, 1.54) is 0 Å². The molecule has 7 nitrogen and oxygen atoms in total. The molecule has 0 atom stereocenters. The zero-order valence-electron chi connectivity index (χ0n) is 17.5. The Morgan fingerprint density at radius 1 is 1.13 bits per heavy atom. The van der Waals surface area contributed by atoms with Gasteiger partial charge in [0.1, 0.15) is 5.75 Å². The van der Waals surface area contributed by atoms with Gasteiger partial charge in [0, 0.05) is 10.7 Å². The Hall–Kier alpha value is -3.45. The lowest BCUT2D eigenvalue weighted by Crippen LogP contribution is -2.18. The molecular formula is C23H22ClN5O2. The lowest BCUT2D eigenvalue weighted by atomic mass is 10.0. The third kappa shape index (κ3) is 4.09. The van der Waals surface area contributed by atoms with Crippen molar-refractivity contribution in [2.24, 2.45) is 0 Å². The molecule has 0 aliphatic rings. The lowest BCUT2D eigenvalue weighted by molar-refractivity contribution is 0.102. The van der Waals surface area contributed by atoms with Gasteiger partial charge < -0.3 is 10.1 Å². The highest BCUT2D eigenvalue weighted by Crippen LogP contribution is 2.30. The van der Waals surface area contributed by atoms with Gasteiger partial charge in [0.05, 0.1) is 23.6 Å². The minimum absolute atomic E-state index is 0.212. The Balaban J connectivity index is 1.70. The molecule has 8 heteroatoms. The van der Waals surface area contributed by atoms with Gasteiger partial charge >= 0.3 is 0 Å². The summed E-state index contributed by atoms with van der Waals surface area (Å²) in [6, 6.07) is 14.7. The van der Waals surface area contributed by atoms with Crippen molar-refractivity contribution < 1.29 is 9.53 Å². The van der Waals surface area contributed by atoms with Crippen LogP contribution in [0.1, 0.15) is 35.7 Å². The zero-order chi connectivity index (χ0) is 22.0. The summed E-state index contributed by atoms with van der Waals surface area (Å²) in [5.74, 6) is 0.393. The summed E-state index contributed by atoms with van der Waals surface area (Å²) < 4.78 is 7.11. The van der Waals surface area contributed by atoms with Gasteiger partial charge in [-0.2, -0.15) is 5.10 Å². The number of carbonyl (C=O) groups excluding carboxylic acids is 1. The van der Waals surface area contributed by atoms with Gasteiger partial charge in [-0.3, -0.25) is 4.79 Å². The van der Waals surface area contributed by atoms with E-state index in [1.54, 1.807) is 28.8 Å². The second kappa shape index (κ2) is 8.73. The van der Waals surface area contributed by atoms with Crippen LogP contribution < -0.4 is 10.1 Å². The molecule has 0 saturated heterocycles. The van der Waals surface area contributed by atoms with Crippen LogP contribution in [0.4, 0.5) is 5.69 Å². The van der Waals surface area contributed by atoms with Crippen molar-refractivity contribution in [2.45, 2.75) is 27.2 Å². The first-order valence-electron chi connectivity index (χ1n) is 10.1. The second-order valence-electron chi connectivity index (χ2n) is 6.97. The van der Waals surface area contributed by atoms with Gasteiger partial charge in [-0.15, -0.1) is 10.2 Å². The lowest BCUT2D eigenvalue weighted by Gasteiger charge is -2.09. The van der Waals surface area contributed by atoms with Crippen LogP contribution in [0.3, 0.4) is 0 Å². The number of halogens is 1. The van der Waals surface area contributed by atoms with Gasteiger partial charge in [-0.1, -0.05) is 30.7 Å². The normalized spacial score (nSPS) is 11.0. The largest absolute Gasteiger partial charge is 0.494 e. The molecule has 0 spiro atoms. The van der Waals surface area contributed by atoms with Crippen molar-refractivity contribution >= 4 is 28.8 Å². The minimum atomic E-state index is -0.353.